The second-order valence-electron chi connectivity index (χ2n) is 3.82. The van der Waals surface area contributed by atoms with E-state index in [1.54, 1.807) is 0 Å². The molecule has 0 aromatic rings. The van der Waals surface area contributed by atoms with Crippen LogP contribution in [0.2, 0.25) is 0 Å². The molecule has 0 aromatic carbocycles. The number of hydrogen-bond acceptors (Lipinski definition) is 2. The van der Waals surface area contributed by atoms with Gasteiger partial charge in [-0.2, -0.15) is 0 Å². The molecule has 0 aliphatic carbocycles. The van der Waals surface area contributed by atoms with Crippen molar-refractivity contribution in [2.45, 2.75) is 46.1 Å². The molecule has 0 saturated carbocycles. The van der Waals surface area contributed by atoms with Crippen molar-refractivity contribution in [1.82, 2.24) is 5.32 Å². The Morgan fingerprint density at radius 1 is 1.38 bits per heavy atom. The summed E-state index contributed by atoms with van der Waals surface area (Å²) in [5.74, 6) is 0.549. The molecule has 0 radical (unpaired) electrons. The molecule has 0 heterocycles. The number of nitrogens with zero attached hydrogens (tertiary/aromatic N) is 1. The highest BCUT2D eigenvalue weighted by atomic mass is 127. The third-order valence-electron chi connectivity index (χ3n) is 1.87. The van der Waals surface area contributed by atoms with Crippen LogP contribution in [0.25, 0.3) is 0 Å². The first-order valence-electron chi connectivity index (χ1n) is 5.82. The Bertz CT molecular complexity index is 175. The summed E-state index contributed by atoms with van der Waals surface area (Å²) in [5, 5.41) is 3.07. The maximum atomic E-state index is 5.65. The van der Waals surface area contributed by atoms with E-state index in [1.165, 1.54) is 6.42 Å². The van der Waals surface area contributed by atoms with Gasteiger partial charge in [0, 0.05) is 19.7 Å². The Kier molecular flexibility index (Phi) is 14.9. The summed E-state index contributed by atoms with van der Waals surface area (Å²) in [4.78, 5) is 4.20. The standard InChI is InChI=1S/C11H25N3O.HI/c1-4-5-7-13-11(12)14-8-6-9-15-10(2)3;/h10H,4-9H2,1-3H3,(H3,12,13,14);1H. The number of rotatable bonds is 8. The van der Waals surface area contributed by atoms with E-state index in [-0.39, 0.29) is 24.0 Å². The first-order chi connectivity index (χ1) is 7.16. The molecule has 0 unspecified atom stereocenters. The Hall–Kier alpha value is -0.0400. The van der Waals surface area contributed by atoms with E-state index in [0.717, 1.165) is 32.5 Å². The summed E-state index contributed by atoms with van der Waals surface area (Å²) in [6, 6.07) is 0. The lowest BCUT2D eigenvalue weighted by Gasteiger charge is -2.06. The van der Waals surface area contributed by atoms with Crippen LogP contribution in [0.1, 0.15) is 40.0 Å². The Morgan fingerprint density at radius 3 is 2.62 bits per heavy atom. The number of halogens is 1. The molecule has 98 valence electrons. The van der Waals surface area contributed by atoms with Gasteiger partial charge in [0.15, 0.2) is 5.96 Å². The number of ether oxygens (including phenoxy) is 1. The molecular weight excluding hydrogens is 317 g/mol. The number of aliphatic imine (C=N–C) groups is 1. The molecular formula is C11H26IN3O. The SMILES string of the molecule is CCCCNC(N)=NCCCOC(C)C.I. The van der Waals surface area contributed by atoms with Crippen LogP contribution in [0, 0.1) is 0 Å². The zero-order valence-corrected chi connectivity index (χ0v) is 13.0. The van der Waals surface area contributed by atoms with Gasteiger partial charge in [0.25, 0.3) is 0 Å². The molecule has 0 amide bonds. The molecule has 0 aliphatic heterocycles. The van der Waals surface area contributed by atoms with E-state index in [1.807, 2.05) is 13.8 Å². The molecule has 3 N–H and O–H groups in total. The molecule has 0 aliphatic rings. The average molecular weight is 343 g/mol. The largest absolute Gasteiger partial charge is 0.379 e. The second kappa shape index (κ2) is 13.0. The van der Waals surface area contributed by atoms with Crippen LogP contribution in [-0.4, -0.2) is 31.8 Å². The molecule has 16 heavy (non-hydrogen) atoms. The molecule has 0 fully saturated rings. The first-order valence-corrected chi connectivity index (χ1v) is 5.82. The normalized spacial score (nSPS) is 11.4. The minimum absolute atomic E-state index is 0. The maximum Gasteiger partial charge on any atom is 0.188 e. The predicted octanol–water partition coefficient (Wildman–Crippen LogP) is 2.12. The van der Waals surface area contributed by atoms with Gasteiger partial charge >= 0.3 is 0 Å². The summed E-state index contributed by atoms with van der Waals surface area (Å²) >= 11 is 0. The fourth-order valence-corrected chi connectivity index (χ4v) is 1.03. The van der Waals surface area contributed by atoms with Crippen molar-refractivity contribution in [3.63, 3.8) is 0 Å². The number of hydrogen-bond donors (Lipinski definition) is 2. The van der Waals surface area contributed by atoms with Crippen molar-refractivity contribution >= 4 is 29.9 Å². The number of unbranched alkanes of at least 4 members (excludes halogenated alkanes) is 1. The average Bonchev–Trinajstić information content (AvgIpc) is 2.17. The van der Waals surface area contributed by atoms with Crippen molar-refractivity contribution in [3.8, 4) is 0 Å². The molecule has 0 bridgehead atoms. The van der Waals surface area contributed by atoms with Crippen LogP contribution in [0.3, 0.4) is 0 Å². The highest BCUT2D eigenvalue weighted by Crippen LogP contribution is 1.90. The molecule has 0 aromatic heterocycles. The second-order valence-corrected chi connectivity index (χ2v) is 3.82. The highest BCUT2D eigenvalue weighted by molar-refractivity contribution is 14.0. The number of nitrogens with one attached hydrogen (secondary N) is 1. The molecule has 0 atom stereocenters. The van der Waals surface area contributed by atoms with Gasteiger partial charge in [0.1, 0.15) is 0 Å². The summed E-state index contributed by atoms with van der Waals surface area (Å²) in [6.07, 6.45) is 3.53. The van der Waals surface area contributed by atoms with Gasteiger partial charge in [0.05, 0.1) is 6.10 Å². The van der Waals surface area contributed by atoms with Gasteiger partial charge in [-0.3, -0.25) is 4.99 Å². The third kappa shape index (κ3) is 14.0. The maximum absolute atomic E-state index is 5.65. The van der Waals surface area contributed by atoms with E-state index in [9.17, 15) is 0 Å². The van der Waals surface area contributed by atoms with Crippen molar-refractivity contribution in [2.24, 2.45) is 10.7 Å². The van der Waals surface area contributed by atoms with Crippen molar-refractivity contribution < 1.29 is 4.74 Å². The van der Waals surface area contributed by atoms with Gasteiger partial charge in [-0.15, -0.1) is 24.0 Å². The van der Waals surface area contributed by atoms with Gasteiger partial charge in [-0.1, -0.05) is 13.3 Å². The van der Waals surface area contributed by atoms with Crippen LogP contribution in [-0.2, 0) is 4.74 Å². The summed E-state index contributed by atoms with van der Waals surface area (Å²) in [5.41, 5.74) is 5.65. The van der Waals surface area contributed by atoms with Gasteiger partial charge in [-0.05, 0) is 26.7 Å². The zero-order valence-electron chi connectivity index (χ0n) is 10.7. The Labute approximate surface area is 116 Å². The van der Waals surface area contributed by atoms with Crippen LogP contribution in [0.4, 0.5) is 0 Å². The van der Waals surface area contributed by atoms with Crippen LogP contribution < -0.4 is 11.1 Å². The Balaban J connectivity index is 0. The summed E-state index contributed by atoms with van der Waals surface area (Å²) < 4.78 is 5.39. The minimum Gasteiger partial charge on any atom is -0.379 e. The van der Waals surface area contributed by atoms with E-state index in [4.69, 9.17) is 10.5 Å². The van der Waals surface area contributed by atoms with E-state index < -0.39 is 0 Å². The quantitative estimate of drug-likeness (QED) is 0.307. The van der Waals surface area contributed by atoms with Crippen molar-refractivity contribution in [1.29, 1.82) is 0 Å². The fraction of sp³-hybridized carbons (Fsp3) is 0.909. The monoisotopic (exact) mass is 343 g/mol. The molecule has 0 spiro atoms. The Morgan fingerprint density at radius 2 is 2.06 bits per heavy atom. The molecule has 5 heteroatoms. The number of nitrogens with two attached hydrogens (primary N) is 1. The fourth-order valence-electron chi connectivity index (χ4n) is 1.03. The zero-order chi connectivity index (χ0) is 11.5. The number of guanidine groups is 1. The molecule has 4 nitrogen and oxygen atoms in total. The predicted molar refractivity (Wildman–Crippen MR) is 80.5 cm³/mol. The van der Waals surface area contributed by atoms with E-state index in [2.05, 4.69) is 17.2 Å². The highest BCUT2D eigenvalue weighted by Gasteiger charge is 1.93. The summed E-state index contributed by atoms with van der Waals surface area (Å²) in [6.45, 7) is 8.61. The lowest BCUT2D eigenvalue weighted by atomic mass is 10.3. The van der Waals surface area contributed by atoms with Crippen molar-refractivity contribution in [2.75, 3.05) is 19.7 Å². The smallest absolute Gasteiger partial charge is 0.188 e. The van der Waals surface area contributed by atoms with Crippen LogP contribution >= 0.6 is 24.0 Å². The lowest BCUT2D eigenvalue weighted by Crippen LogP contribution is -2.32. The van der Waals surface area contributed by atoms with Crippen molar-refractivity contribution in [3.05, 3.63) is 0 Å². The van der Waals surface area contributed by atoms with E-state index in [0.29, 0.717) is 12.1 Å². The van der Waals surface area contributed by atoms with E-state index >= 15 is 0 Å². The molecule has 0 rings (SSSR count). The topological polar surface area (TPSA) is 59.6 Å². The lowest BCUT2D eigenvalue weighted by molar-refractivity contribution is 0.0783. The van der Waals surface area contributed by atoms with Crippen LogP contribution in [0.15, 0.2) is 4.99 Å². The van der Waals surface area contributed by atoms with Gasteiger partial charge < -0.3 is 15.8 Å². The van der Waals surface area contributed by atoms with Crippen LogP contribution in [0.5, 0.6) is 0 Å². The third-order valence-corrected chi connectivity index (χ3v) is 1.87. The molecule has 0 saturated heterocycles. The van der Waals surface area contributed by atoms with Gasteiger partial charge in [0.2, 0.25) is 0 Å². The van der Waals surface area contributed by atoms with Gasteiger partial charge in [-0.25, -0.2) is 0 Å². The first kappa shape index (κ1) is 18.3. The minimum atomic E-state index is 0. The summed E-state index contributed by atoms with van der Waals surface area (Å²) in [7, 11) is 0.